The molecular weight excluding hydrogens is 336 g/mol. The zero-order valence-corrected chi connectivity index (χ0v) is 16.2. The number of hydrogen-bond acceptors (Lipinski definition) is 3. The average molecular weight is 360 g/mol. The Bertz CT molecular complexity index is 982. The maximum absolute atomic E-state index is 12.0. The standard InChI is InChI=1S/C23H24N2O2/c1-5-27-23(26)19-7-6-8-22(14-19)25-17(3)13-20(18(25)4)15-24-21-11-9-16(2)10-12-21/h6-15H,5H2,1-4H3. The van der Waals surface area contributed by atoms with Gasteiger partial charge in [0.15, 0.2) is 0 Å². The molecule has 0 amide bonds. The Labute approximate surface area is 160 Å². The van der Waals surface area contributed by atoms with Crippen molar-refractivity contribution in [2.75, 3.05) is 6.61 Å². The van der Waals surface area contributed by atoms with Crippen LogP contribution < -0.4 is 0 Å². The number of benzene rings is 2. The number of hydrogen-bond donors (Lipinski definition) is 0. The van der Waals surface area contributed by atoms with Gasteiger partial charge in [-0.15, -0.1) is 0 Å². The Kier molecular flexibility index (Phi) is 5.55. The molecule has 0 radical (unpaired) electrons. The van der Waals surface area contributed by atoms with Crippen LogP contribution in [0.25, 0.3) is 5.69 Å². The number of esters is 1. The van der Waals surface area contributed by atoms with Crippen molar-refractivity contribution in [3.63, 3.8) is 0 Å². The third-order valence-corrected chi connectivity index (χ3v) is 4.47. The maximum atomic E-state index is 12.0. The van der Waals surface area contributed by atoms with Gasteiger partial charge < -0.3 is 9.30 Å². The number of aliphatic imine (C=N–C) groups is 1. The summed E-state index contributed by atoms with van der Waals surface area (Å²) in [6.07, 6.45) is 1.89. The molecule has 0 spiro atoms. The highest BCUT2D eigenvalue weighted by Crippen LogP contribution is 2.22. The van der Waals surface area contributed by atoms with Gasteiger partial charge in [0.25, 0.3) is 0 Å². The molecule has 1 heterocycles. The lowest BCUT2D eigenvalue weighted by Gasteiger charge is -2.11. The monoisotopic (exact) mass is 360 g/mol. The van der Waals surface area contributed by atoms with E-state index >= 15 is 0 Å². The van der Waals surface area contributed by atoms with Crippen molar-refractivity contribution in [1.82, 2.24) is 4.57 Å². The second-order valence-corrected chi connectivity index (χ2v) is 6.53. The number of aromatic nitrogens is 1. The average Bonchev–Trinajstić information content (AvgIpc) is 2.95. The van der Waals surface area contributed by atoms with Gasteiger partial charge >= 0.3 is 5.97 Å². The summed E-state index contributed by atoms with van der Waals surface area (Å²) in [7, 11) is 0. The van der Waals surface area contributed by atoms with Crippen LogP contribution in [0.3, 0.4) is 0 Å². The number of ether oxygens (including phenoxy) is 1. The minimum absolute atomic E-state index is 0.303. The summed E-state index contributed by atoms with van der Waals surface area (Å²) in [5, 5.41) is 0. The van der Waals surface area contributed by atoms with Crippen molar-refractivity contribution < 1.29 is 9.53 Å². The highest BCUT2D eigenvalue weighted by molar-refractivity contribution is 5.90. The molecule has 0 aliphatic carbocycles. The molecule has 1 aromatic heterocycles. The molecule has 3 rings (SSSR count). The van der Waals surface area contributed by atoms with E-state index in [9.17, 15) is 4.79 Å². The topological polar surface area (TPSA) is 43.6 Å². The first-order valence-electron chi connectivity index (χ1n) is 9.07. The largest absolute Gasteiger partial charge is 0.462 e. The van der Waals surface area contributed by atoms with Crippen LogP contribution in [0.2, 0.25) is 0 Å². The highest BCUT2D eigenvalue weighted by Gasteiger charge is 2.12. The zero-order chi connectivity index (χ0) is 19.4. The summed E-state index contributed by atoms with van der Waals surface area (Å²) in [4.78, 5) is 16.6. The van der Waals surface area contributed by atoms with E-state index in [0.29, 0.717) is 12.2 Å². The minimum Gasteiger partial charge on any atom is -0.462 e. The second-order valence-electron chi connectivity index (χ2n) is 6.53. The highest BCUT2D eigenvalue weighted by atomic mass is 16.5. The fourth-order valence-electron chi connectivity index (χ4n) is 3.08. The number of nitrogens with zero attached hydrogens (tertiary/aromatic N) is 2. The van der Waals surface area contributed by atoms with Crippen LogP contribution in [-0.2, 0) is 4.74 Å². The lowest BCUT2D eigenvalue weighted by atomic mass is 10.2. The van der Waals surface area contributed by atoms with Gasteiger partial charge in [0, 0.05) is 28.9 Å². The van der Waals surface area contributed by atoms with Crippen LogP contribution in [0.4, 0.5) is 5.69 Å². The molecule has 0 atom stereocenters. The molecule has 0 saturated carbocycles. The van der Waals surface area contributed by atoms with E-state index in [2.05, 4.69) is 41.6 Å². The van der Waals surface area contributed by atoms with Crippen molar-refractivity contribution in [1.29, 1.82) is 0 Å². The fourth-order valence-corrected chi connectivity index (χ4v) is 3.08. The molecule has 27 heavy (non-hydrogen) atoms. The van der Waals surface area contributed by atoms with Gasteiger partial charge in [0.1, 0.15) is 0 Å². The summed E-state index contributed by atoms with van der Waals surface area (Å²) in [6, 6.07) is 17.7. The van der Waals surface area contributed by atoms with E-state index in [1.54, 1.807) is 6.07 Å². The van der Waals surface area contributed by atoms with Crippen LogP contribution in [0.15, 0.2) is 59.6 Å². The summed E-state index contributed by atoms with van der Waals surface area (Å²) >= 11 is 0. The van der Waals surface area contributed by atoms with E-state index in [4.69, 9.17) is 4.74 Å². The van der Waals surface area contributed by atoms with E-state index in [1.165, 1.54) is 5.56 Å². The number of carbonyl (C=O) groups excluding carboxylic acids is 1. The summed E-state index contributed by atoms with van der Waals surface area (Å²) in [6.45, 7) is 8.34. The fraction of sp³-hybridized carbons (Fsp3) is 0.217. The first-order valence-corrected chi connectivity index (χ1v) is 9.07. The molecule has 4 nitrogen and oxygen atoms in total. The smallest absolute Gasteiger partial charge is 0.338 e. The third kappa shape index (κ3) is 4.17. The lowest BCUT2D eigenvalue weighted by Crippen LogP contribution is -2.06. The maximum Gasteiger partial charge on any atom is 0.338 e. The molecule has 138 valence electrons. The van der Waals surface area contributed by atoms with Crippen molar-refractivity contribution in [2.45, 2.75) is 27.7 Å². The van der Waals surface area contributed by atoms with Crippen LogP contribution in [-0.4, -0.2) is 23.4 Å². The van der Waals surface area contributed by atoms with Crippen LogP contribution >= 0.6 is 0 Å². The summed E-state index contributed by atoms with van der Waals surface area (Å²) in [5.74, 6) is -0.303. The quantitative estimate of drug-likeness (QED) is 0.456. The van der Waals surface area contributed by atoms with Gasteiger partial charge in [0.2, 0.25) is 0 Å². The molecule has 3 aromatic rings. The Hall–Kier alpha value is -3.14. The Morgan fingerprint density at radius 1 is 1.07 bits per heavy atom. The van der Waals surface area contributed by atoms with E-state index in [1.807, 2.05) is 50.4 Å². The lowest BCUT2D eigenvalue weighted by molar-refractivity contribution is 0.0526. The molecule has 2 aromatic carbocycles. The molecule has 0 aliphatic heterocycles. The SMILES string of the molecule is CCOC(=O)c1cccc(-n2c(C)cc(C=Nc3ccc(C)cc3)c2C)c1. The van der Waals surface area contributed by atoms with Crippen LogP contribution in [0, 0.1) is 20.8 Å². The predicted molar refractivity (Wildman–Crippen MR) is 110 cm³/mol. The molecule has 0 saturated heterocycles. The first-order chi connectivity index (χ1) is 13.0. The molecular formula is C23H24N2O2. The minimum atomic E-state index is -0.303. The van der Waals surface area contributed by atoms with Gasteiger partial charge in [-0.2, -0.15) is 0 Å². The Morgan fingerprint density at radius 2 is 1.81 bits per heavy atom. The first kappa shape index (κ1) is 18.6. The van der Waals surface area contributed by atoms with Gasteiger partial charge in [0.05, 0.1) is 17.9 Å². The number of aryl methyl sites for hydroxylation is 2. The van der Waals surface area contributed by atoms with Crippen LogP contribution in [0.1, 0.15) is 39.8 Å². The van der Waals surface area contributed by atoms with Crippen molar-refractivity contribution in [2.24, 2.45) is 4.99 Å². The normalized spacial score (nSPS) is 11.1. The van der Waals surface area contributed by atoms with Crippen molar-refractivity contribution >= 4 is 17.9 Å². The summed E-state index contributed by atoms with van der Waals surface area (Å²) < 4.78 is 7.24. The molecule has 0 N–H and O–H groups in total. The molecule has 0 unspecified atom stereocenters. The Balaban J connectivity index is 1.93. The number of carbonyl (C=O) groups is 1. The van der Waals surface area contributed by atoms with Gasteiger partial charge in [-0.25, -0.2) is 4.79 Å². The Morgan fingerprint density at radius 3 is 2.52 bits per heavy atom. The molecule has 0 bridgehead atoms. The van der Waals surface area contributed by atoms with Gasteiger partial charge in [-0.05, 0) is 64.1 Å². The van der Waals surface area contributed by atoms with Gasteiger partial charge in [-0.3, -0.25) is 4.99 Å². The van der Waals surface area contributed by atoms with Gasteiger partial charge in [-0.1, -0.05) is 23.8 Å². The van der Waals surface area contributed by atoms with Crippen molar-refractivity contribution in [3.05, 3.63) is 82.7 Å². The summed E-state index contributed by atoms with van der Waals surface area (Å²) in [5.41, 5.74) is 6.84. The number of rotatable bonds is 5. The molecule has 0 aliphatic rings. The van der Waals surface area contributed by atoms with E-state index in [-0.39, 0.29) is 5.97 Å². The van der Waals surface area contributed by atoms with Crippen LogP contribution in [0.5, 0.6) is 0 Å². The predicted octanol–water partition coefficient (Wildman–Crippen LogP) is 5.33. The second kappa shape index (κ2) is 8.04. The third-order valence-electron chi connectivity index (χ3n) is 4.47. The molecule has 0 fully saturated rings. The molecule has 4 heteroatoms. The van der Waals surface area contributed by atoms with E-state index in [0.717, 1.165) is 28.3 Å². The zero-order valence-electron chi connectivity index (χ0n) is 16.2. The van der Waals surface area contributed by atoms with Crippen molar-refractivity contribution in [3.8, 4) is 5.69 Å². The van der Waals surface area contributed by atoms with E-state index < -0.39 is 0 Å².